The van der Waals surface area contributed by atoms with Crippen molar-refractivity contribution >= 4 is 22.1 Å². The Bertz CT molecular complexity index is 726. The molecule has 3 nitrogen and oxygen atoms in total. The molecule has 19 heavy (non-hydrogen) atoms. The van der Waals surface area contributed by atoms with Crippen molar-refractivity contribution in [1.82, 2.24) is 9.38 Å². The lowest BCUT2D eigenvalue weighted by molar-refractivity contribution is 0.0991. The number of rotatable bonds is 3. The summed E-state index contributed by atoms with van der Waals surface area (Å²) in [6.07, 6.45) is 4.24. The minimum Gasteiger partial charge on any atom is -0.297 e. The Hall–Kier alpha value is -1.94. The summed E-state index contributed by atoms with van der Waals surface area (Å²) < 4.78 is 1.95. The molecular formula is C15H14N2OS. The van der Waals surface area contributed by atoms with Gasteiger partial charge in [-0.3, -0.25) is 9.20 Å². The van der Waals surface area contributed by atoms with Gasteiger partial charge in [0.15, 0.2) is 10.7 Å². The van der Waals surface area contributed by atoms with E-state index in [1.54, 1.807) is 11.3 Å². The van der Waals surface area contributed by atoms with Gasteiger partial charge in [-0.1, -0.05) is 23.8 Å². The first-order valence-electron chi connectivity index (χ1n) is 6.15. The molecule has 0 amide bonds. The first-order valence-corrected chi connectivity index (χ1v) is 7.03. The fourth-order valence-corrected chi connectivity index (χ4v) is 2.97. The minimum atomic E-state index is 0.128. The molecule has 0 radical (unpaired) electrons. The molecule has 4 heteroatoms. The molecular weight excluding hydrogens is 256 g/mol. The Morgan fingerprint density at radius 3 is 2.95 bits per heavy atom. The van der Waals surface area contributed by atoms with E-state index in [0.717, 1.165) is 21.8 Å². The number of hydrogen-bond acceptors (Lipinski definition) is 3. The van der Waals surface area contributed by atoms with Crippen LogP contribution in [0.1, 0.15) is 27.2 Å². The lowest BCUT2D eigenvalue weighted by Crippen LogP contribution is -2.06. The van der Waals surface area contributed by atoms with Gasteiger partial charge in [-0.15, -0.1) is 11.3 Å². The monoisotopic (exact) mass is 270 g/mol. The van der Waals surface area contributed by atoms with E-state index in [1.807, 2.05) is 54.2 Å². The summed E-state index contributed by atoms with van der Waals surface area (Å²) in [4.78, 5) is 17.7. The number of carbonyl (C=O) groups excluding carboxylic acids is 1. The molecule has 96 valence electrons. The number of nitrogens with zero attached hydrogens (tertiary/aromatic N) is 2. The topological polar surface area (TPSA) is 34.4 Å². The number of fused-ring (bicyclic) bond motifs is 1. The van der Waals surface area contributed by atoms with Crippen molar-refractivity contribution in [3.63, 3.8) is 0 Å². The maximum atomic E-state index is 12.3. The van der Waals surface area contributed by atoms with Crippen LogP contribution in [-0.4, -0.2) is 15.2 Å². The van der Waals surface area contributed by atoms with Crippen molar-refractivity contribution in [2.45, 2.75) is 20.3 Å². The molecule has 0 N–H and O–H groups in total. The molecule has 0 saturated carbocycles. The van der Waals surface area contributed by atoms with E-state index in [9.17, 15) is 4.79 Å². The highest BCUT2D eigenvalue weighted by Gasteiger charge is 2.12. The molecule has 2 heterocycles. The third kappa shape index (κ3) is 2.31. The van der Waals surface area contributed by atoms with Gasteiger partial charge < -0.3 is 0 Å². The average Bonchev–Trinajstić information content (AvgIpc) is 2.89. The number of benzene rings is 1. The lowest BCUT2D eigenvalue weighted by Gasteiger charge is -2.04. The zero-order valence-electron chi connectivity index (χ0n) is 10.9. The first kappa shape index (κ1) is 12.1. The molecule has 2 aromatic heterocycles. The zero-order chi connectivity index (χ0) is 13.4. The number of aryl methyl sites for hydroxylation is 2. The molecule has 0 aliphatic carbocycles. The number of carbonyl (C=O) groups is 1. The summed E-state index contributed by atoms with van der Waals surface area (Å²) >= 11 is 1.58. The van der Waals surface area contributed by atoms with E-state index in [2.05, 4.69) is 4.98 Å². The predicted molar refractivity (Wildman–Crippen MR) is 77.0 cm³/mol. The Labute approximate surface area is 115 Å². The number of ketones is 1. The van der Waals surface area contributed by atoms with Crippen molar-refractivity contribution in [2.75, 3.05) is 0 Å². The molecule has 3 rings (SSSR count). The van der Waals surface area contributed by atoms with E-state index in [4.69, 9.17) is 0 Å². The highest BCUT2D eigenvalue weighted by atomic mass is 32.1. The Balaban J connectivity index is 1.86. The molecule has 0 aliphatic heterocycles. The van der Waals surface area contributed by atoms with Crippen LogP contribution in [0.15, 0.2) is 36.0 Å². The fourth-order valence-electron chi connectivity index (χ4n) is 2.25. The fraction of sp³-hybridized carbons (Fsp3) is 0.200. The number of hydrogen-bond donors (Lipinski definition) is 0. The van der Waals surface area contributed by atoms with Crippen molar-refractivity contribution in [3.8, 4) is 0 Å². The Kier molecular flexibility index (Phi) is 2.95. The maximum absolute atomic E-state index is 12.3. The number of aromatic nitrogens is 2. The zero-order valence-corrected chi connectivity index (χ0v) is 11.7. The van der Waals surface area contributed by atoms with Crippen LogP contribution in [0, 0.1) is 13.8 Å². The standard InChI is InChI=1S/C15H14N2OS/c1-10-3-4-13(11(2)7-10)14(18)8-12-9-17-5-6-19-15(17)16-12/h3-7,9H,8H2,1-2H3. The van der Waals surface area contributed by atoms with Crippen LogP contribution in [0.3, 0.4) is 0 Å². The molecule has 0 saturated heterocycles. The Morgan fingerprint density at radius 1 is 1.37 bits per heavy atom. The van der Waals surface area contributed by atoms with Crippen molar-refractivity contribution < 1.29 is 4.79 Å². The molecule has 0 aliphatic rings. The van der Waals surface area contributed by atoms with Gasteiger partial charge in [0.25, 0.3) is 0 Å². The second-order valence-electron chi connectivity index (χ2n) is 4.74. The van der Waals surface area contributed by atoms with Gasteiger partial charge in [0.05, 0.1) is 12.1 Å². The van der Waals surface area contributed by atoms with E-state index in [-0.39, 0.29) is 5.78 Å². The molecule has 0 fully saturated rings. The second-order valence-corrected chi connectivity index (χ2v) is 5.62. The first-order chi connectivity index (χ1) is 9.13. The predicted octanol–water partition coefficient (Wildman–Crippen LogP) is 3.44. The second kappa shape index (κ2) is 4.63. The van der Waals surface area contributed by atoms with Crippen LogP contribution in [0.4, 0.5) is 0 Å². The van der Waals surface area contributed by atoms with Gasteiger partial charge in [0, 0.05) is 23.3 Å². The van der Waals surface area contributed by atoms with Gasteiger partial charge in [-0.05, 0) is 19.4 Å². The molecule has 0 spiro atoms. The van der Waals surface area contributed by atoms with E-state index in [1.165, 1.54) is 5.56 Å². The summed E-state index contributed by atoms with van der Waals surface area (Å²) in [5, 5.41) is 1.98. The van der Waals surface area contributed by atoms with Crippen LogP contribution >= 0.6 is 11.3 Å². The summed E-state index contributed by atoms with van der Waals surface area (Å²) in [5.74, 6) is 0.128. The minimum absolute atomic E-state index is 0.128. The summed E-state index contributed by atoms with van der Waals surface area (Å²) in [5.41, 5.74) is 3.83. The quantitative estimate of drug-likeness (QED) is 0.683. The van der Waals surface area contributed by atoms with Crippen LogP contribution in [0.25, 0.3) is 4.96 Å². The van der Waals surface area contributed by atoms with Gasteiger partial charge in [-0.2, -0.15) is 0 Å². The summed E-state index contributed by atoms with van der Waals surface area (Å²) in [7, 11) is 0. The highest BCUT2D eigenvalue weighted by Crippen LogP contribution is 2.16. The normalized spacial score (nSPS) is 11.1. The third-order valence-corrected chi connectivity index (χ3v) is 3.94. The lowest BCUT2D eigenvalue weighted by atomic mass is 10.00. The summed E-state index contributed by atoms with van der Waals surface area (Å²) in [6.45, 7) is 4.01. The average molecular weight is 270 g/mol. The smallest absolute Gasteiger partial charge is 0.193 e. The van der Waals surface area contributed by atoms with Crippen LogP contribution in [-0.2, 0) is 6.42 Å². The van der Waals surface area contributed by atoms with Gasteiger partial charge in [0.1, 0.15) is 0 Å². The molecule has 3 aromatic rings. The Morgan fingerprint density at radius 2 is 2.21 bits per heavy atom. The van der Waals surface area contributed by atoms with Crippen LogP contribution < -0.4 is 0 Å². The number of thiazole rings is 1. The molecule has 1 aromatic carbocycles. The van der Waals surface area contributed by atoms with Crippen LogP contribution in [0.5, 0.6) is 0 Å². The van der Waals surface area contributed by atoms with Crippen molar-refractivity contribution in [1.29, 1.82) is 0 Å². The number of imidazole rings is 1. The van der Waals surface area contributed by atoms with Gasteiger partial charge >= 0.3 is 0 Å². The van der Waals surface area contributed by atoms with E-state index >= 15 is 0 Å². The van der Waals surface area contributed by atoms with Gasteiger partial charge in [0.2, 0.25) is 0 Å². The molecule has 0 bridgehead atoms. The maximum Gasteiger partial charge on any atom is 0.193 e. The van der Waals surface area contributed by atoms with E-state index < -0.39 is 0 Å². The highest BCUT2D eigenvalue weighted by molar-refractivity contribution is 7.15. The third-order valence-electron chi connectivity index (χ3n) is 3.17. The van der Waals surface area contributed by atoms with Gasteiger partial charge in [-0.25, -0.2) is 4.98 Å². The van der Waals surface area contributed by atoms with Crippen molar-refractivity contribution in [2.24, 2.45) is 0 Å². The van der Waals surface area contributed by atoms with Crippen molar-refractivity contribution in [3.05, 3.63) is 58.4 Å². The largest absolute Gasteiger partial charge is 0.297 e. The SMILES string of the molecule is Cc1ccc(C(=O)Cc2cn3ccsc3n2)c(C)c1. The van der Waals surface area contributed by atoms with E-state index in [0.29, 0.717) is 6.42 Å². The van der Waals surface area contributed by atoms with Crippen LogP contribution in [0.2, 0.25) is 0 Å². The summed E-state index contributed by atoms with van der Waals surface area (Å²) in [6, 6.07) is 5.93. The number of Topliss-reactive ketones (excluding diaryl/α,β-unsaturated/α-hetero) is 1. The molecule has 0 unspecified atom stereocenters. The molecule has 0 atom stereocenters.